The molecule has 4 rings (SSSR count). The number of carbonyl (C=O) groups is 2. The molecule has 42 heavy (non-hydrogen) atoms. The SMILES string of the molecule is C[C@@H](O[C@H]1OC(CO)C(O)[C@H](O[C@@H]2OC(CO)C3OC(=O)O[C@@H]3C2O)C1N=[N+]=[N-])[C@H](NF)C(=O)OCc1ccccc1. The fourth-order valence-electron chi connectivity index (χ4n) is 4.77. The summed E-state index contributed by atoms with van der Waals surface area (Å²) in [5.41, 5.74) is 11.2. The second-order valence-electron chi connectivity index (χ2n) is 9.66. The lowest BCUT2D eigenvalue weighted by Crippen LogP contribution is -2.64. The van der Waals surface area contributed by atoms with Gasteiger partial charge in [0.25, 0.3) is 0 Å². The quantitative estimate of drug-likeness (QED) is 0.0641. The highest BCUT2D eigenvalue weighted by Crippen LogP contribution is 2.35. The van der Waals surface area contributed by atoms with Gasteiger partial charge in [0.1, 0.15) is 43.2 Å². The molecule has 1 aromatic rings. The Hall–Kier alpha value is -3.16. The van der Waals surface area contributed by atoms with Crippen LogP contribution < -0.4 is 5.54 Å². The summed E-state index contributed by atoms with van der Waals surface area (Å²) >= 11 is 0. The van der Waals surface area contributed by atoms with Gasteiger partial charge >= 0.3 is 12.1 Å². The number of azide groups is 1. The van der Waals surface area contributed by atoms with Crippen LogP contribution in [0.15, 0.2) is 35.4 Å². The van der Waals surface area contributed by atoms with Crippen LogP contribution in [0.2, 0.25) is 0 Å². The van der Waals surface area contributed by atoms with E-state index >= 15 is 0 Å². The molecule has 0 spiro atoms. The second kappa shape index (κ2) is 14.3. The summed E-state index contributed by atoms with van der Waals surface area (Å²) in [6.45, 7) is -0.311. The number of halogens is 1. The Morgan fingerprint density at radius 2 is 1.76 bits per heavy atom. The van der Waals surface area contributed by atoms with E-state index in [2.05, 4.69) is 10.0 Å². The molecule has 0 bridgehead atoms. The Balaban J connectivity index is 1.50. The summed E-state index contributed by atoms with van der Waals surface area (Å²) in [6, 6.07) is 5.40. The molecular weight excluding hydrogens is 571 g/mol. The first-order chi connectivity index (χ1) is 20.2. The first-order valence-corrected chi connectivity index (χ1v) is 12.9. The minimum absolute atomic E-state index is 0.151. The van der Waals surface area contributed by atoms with Gasteiger partial charge in [-0.1, -0.05) is 35.4 Å². The van der Waals surface area contributed by atoms with Crippen LogP contribution in [-0.2, 0) is 44.6 Å². The predicted molar refractivity (Wildman–Crippen MR) is 131 cm³/mol. The molecule has 3 saturated heterocycles. The summed E-state index contributed by atoms with van der Waals surface area (Å²) in [4.78, 5) is 26.9. The van der Waals surface area contributed by atoms with E-state index in [1.165, 1.54) is 12.5 Å². The zero-order valence-electron chi connectivity index (χ0n) is 22.1. The molecule has 3 aliphatic heterocycles. The molecule has 0 aliphatic carbocycles. The molecule has 3 aliphatic rings. The molecule has 3 fully saturated rings. The van der Waals surface area contributed by atoms with Crippen molar-refractivity contribution in [1.29, 1.82) is 0 Å². The second-order valence-corrected chi connectivity index (χ2v) is 9.66. The van der Waals surface area contributed by atoms with E-state index in [4.69, 9.17) is 33.2 Å². The summed E-state index contributed by atoms with van der Waals surface area (Å²) < 4.78 is 51.4. The number of hydrogen-bond donors (Lipinski definition) is 5. The van der Waals surface area contributed by atoms with Crippen LogP contribution >= 0.6 is 0 Å². The molecule has 6 unspecified atom stereocenters. The minimum atomic E-state index is -1.70. The molecular formula is C24H31FN4O13. The maximum Gasteiger partial charge on any atom is 0.509 e. The van der Waals surface area contributed by atoms with Gasteiger partial charge in [0.15, 0.2) is 30.8 Å². The number of fused-ring (bicyclic) bond motifs is 1. The van der Waals surface area contributed by atoms with Crippen molar-refractivity contribution in [2.75, 3.05) is 13.2 Å². The normalized spacial score (nSPS) is 35.6. The lowest BCUT2D eigenvalue weighted by Gasteiger charge is -2.46. The fraction of sp³-hybridized carbons (Fsp3) is 0.667. The lowest BCUT2D eigenvalue weighted by molar-refractivity contribution is -0.337. The molecule has 232 valence electrons. The Morgan fingerprint density at radius 1 is 1.10 bits per heavy atom. The Labute approximate surface area is 237 Å². The summed E-state index contributed by atoms with van der Waals surface area (Å²) in [7, 11) is 0. The molecule has 17 nitrogen and oxygen atoms in total. The third-order valence-electron chi connectivity index (χ3n) is 6.97. The Morgan fingerprint density at radius 3 is 2.40 bits per heavy atom. The van der Waals surface area contributed by atoms with Crippen LogP contribution in [0.5, 0.6) is 0 Å². The summed E-state index contributed by atoms with van der Waals surface area (Å²) in [5.74, 6) is -1.02. The van der Waals surface area contributed by atoms with Gasteiger partial charge in [0, 0.05) is 4.91 Å². The number of aliphatic hydroxyl groups is 4. The molecule has 0 aromatic heterocycles. The largest absolute Gasteiger partial charge is 0.509 e. The van der Waals surface area contributed by atoms with Crippen molar-refractivity contribution in [3.63, 3.8) is 0 Å². The third-order valence-corrected chi connectivity index (χ3v) is 6.97. The number of nitrogens with one attached hydrogen (secondary N) is 1. The van der Waals surface area contributed by atoms with E-state index < -0.39 is 98.8 Å². The van der Waals surface area contributed by atoms with E-state index in [0.717, 1.165) is 0 Å². The molecule has 0 saturated carbocycles. The summed E-state index contributed by atoms with van der Waals surface area (Å²) in [6.07, 6.45) is -15.8. The van der Waals surface area contributed by atoms with E-state index in [1.54, 1.807) is 30.3 Å². The van der Waals surface area contributed by atoms with Crippen molar-refractivity contribution in [3.8, 4) is 0 Å². The van der Waals surface area contributed by atoms with Gasteiger partial charge < -0.3 is 53.6 Å². The topological polar surface area (TPSA) is 240 Å². The molecule has 5 N–H and O–H groups in total. The number of benzene rings is 1. The lowest BCUT2D eigenvalue weighted by atomic mass is 9.96. The van der Waals surface area contributed by atoms with Crippen molar-refractivity contribution < 1.29 is 67.7 Å². The smallest absolute Gasteiger partial charge is 0.460 e. The monoisotopic (exact) mass is 602 g/mol. The van der Waals surface area contributed by atoms with Crippen molar-refractivity contribution in [2.45, 2.75) is 87.0 Å². The number of nitrogens with zero attached hydrogens (tertiary/aromatic N) is 3. The van der Waals surface area contributed by atoms with Gasteiger partial charge in [-0.25, -0.2) is 4.79 Å². The average Bonchev–Trinajstić information content (AvgIpc) is 3.39. The first kappa shape index (κ1) is 31.8. The maximum atomic E-state index is 13.8. The van der Waals surface area contributed by atoms with Crippen molar-refractivity contribution in [1.82, 2.24) is 5.54 Å². The van der Waals surface area contributed by atoms with Crippen LogP contribution in [0.3, 0.4) is 0 Å². The zero-order valence-corrected chi connectivity index (χ0v) is 22.1. The third kappa shape index (κ3) is 6.90. The fourth-order valence-corrected chi connectivity index (χ4v) is 4.77. The van der Waals surface area contributed by atoms with Gasteiger partial charge in [0.05, 0.1) is 19.3 Å². The predicted octanol–water partition coefficient (Wildman–Crippen LogP) is -0.898. The van der Waals surface area contributed by atoms with Crippen molar-refractivity contribution in [2.24, 2.45) is 5.11 Å². The molecule has 0 amide bonds. The molecule has 1 aromatic carbocycles. The van der Waals surface area contributed by atoms with Gasteiger partial charge in [0.2, 0.25) is 0 Å². The number of hydrogen-bond acceptors (Lipinski definition) is 15. The first-order valence-electron chi connectivity index (χ1n) is 12.9. The van der Waals surface area contributed by atoms with Crippen LogP contribution in [0.1, 0.15) is 12.5 Å². The molecule has 18 heteroatoms. The number of rotatable bonds is 12. The zero-order chi connectivity index (χ0) is 30.4. The van der Waals surface area contributed by atoms with Crippen LogP contribution in [0.4, 0.5) is 9.28 Å². The molecule has 12 atom stereocenters. The highest BCUT2D eigenvalue weighted by Gasteiger charge is 2.56. The number of esters is 1. The van der Waals surface area contributed by atoms with E-state index in [-0.39, 0.29) is 6.61 Å². The van der Waals surface area contributed by atoms with E-state index in [0.29, 0.717) is 5.56 Å². The standard InChI is InChI=1S/C24H31FN4O13/c1-10(14(27-25)21(34)36-9-11-5-3-2-4-6-11)37-22-15(28-29-26)19(16(32)12(7-30)38-22)40-23-17(33)20-18(13(8-31)39-23)41-24(35)42-20/h2-6,10,12-20,22-23,27,30-33H,7-9H2,1H3/t10-,12?,13?,14+,15?,16?,17?,18?,19-,20-,22+,23+/m1/s1. The van der Waals surface area contributed by atoms with Crippen LogP contribution in [-0.4, -0.2) is 119 Å². The molecule has 0 radical (unpaired) electrons. The van der Waals surface area contributed by atoms with Gasteiger partial charge in [-0.05, 0) is 18.0 Å². The Bertz CT molecular complexity index is 1120. The number of ether oxygens (including phenoxy) is 7. The van der Waals surface area contributed by atoms with Crippen LogP contribution in [0.25, 0.3) is 10.4 Å². The molecule has 3 heterocycles. The van der Waals surface area contributed by atoms with Gasteiger partial charge in [-0.15, -0.1) is 10.0 Å². The maximum absolute atomic E-state index is 13.8. The average molecular weight is 603 g/mol. The minimum Gasteiger partial charge on any atom is -0.460 e. The van der Waals surface area contributed by atoms with E-state index in [1.807, 2.05) is 0 Å². The Kier molecular flexibility index (Phi) is 10.8. The van der Waals surface area contributed by atoms with Crippen LogP contribution in [0, 0.1) is 0 Å². The highest BCUT2D eigenvalue weighted by atomic mass is 19.2. The van der Waals surface area contributed by atoms with Crippen molar-refractivity contribution in [3.05, 3.63) is 46.3 Å². The van der Waals surface area contributed by atoms with Crippen molar-refractivity contribution >= 4 is 12.1 Å². The highest BCUT2D eigenvalue weighted by molar-refractivity contribution is 5.76. The number of carbonyl (C=O) groups excluding carboxylic acids is 2. The number of aliphatic hydroxyl groups excluding tert-OH is 4. The van der Waals surface area contributed by atoms with Gasteiger partial charge in [-0.2, -0.15) is 0 Å². The summed E-state index contributed by atoms with van der Waals surface area (Å²) in [5, 5.41) is 44.7. The van der Waals surface area contributed by atoms with E-state index in [9.17, 15) is 40.0 Å². The van der Waals surface area contributed by atoms with Gasteiger partial charge in [-0.3, -0.25) is 4.79 Å².